The highest BCUT2D eigenvalue weighted by atomic mass is 16.6. The highest BCUT2D eigenvalue weighted by molar-refractivity contribution is 5.14. The molecule has 19 heavy (non-hydrogen) atoms. The molecule has 0 amide bonds. The van der Waals surface area contributed by atoms with Gasteiger partial charge in [-0.05, 0) is 37.5 Å². The number of nitrogens with zero attached hydrogens (tertiary/aromatic N) is 1. The number of nitrogens with one attached hydrogen (secondary N) is 1. The second-order valence-electron chi connectivity index (χ2n) is 5.69. The predicted molar refractivity (Wildman–Crippen MR) is 72.9 cm³/mol. The summed E-state index contributed by atoms with van der Waals surface area (Å²) in [5, 5.41) is 3.72. The first kappa shape index (κ1) is 13.0. The minimum atomic E-state index is -0.0200. The van der Waals surface area contributed by atoms with E-state index in [1.165, 1.54) is 5.56 Å². The van der Waals surface area contributed by atoms with Crippen LogP contribution in [-0.4, -0.2) is 36.4 Å². The third-order valence-corrected chi connectivity index (χ3v) is 4.25. The van der Waals surface area contributed by atoms with Gasteiger partial charge in [0.25, 0.3) is 0 Å². The summed E-state index contributed by atoms with van der Waals surface area (Å²) < 4.78 is 11.5. The largest absolute Gasteiger partial charge is 0.378 e. The Bertz CT molecular complexity index is 404. The van der Waals surface area contributed by atoms with Crippen LogP contribution in [-0.2, 0) is 9.47 Å². The van der Waals surface area contributed by atoms with Crippen molar-refractivity contribution in [3.8, 4) is 0 Å². The Labute approximate surface area is 114 Å². The van der Waals surface area contributed by atoms with E-state index in [4.69, 9.17) is 9.47 Å². The molecule has 2 aliphatic heterocycles. The molecule has 2 unspecified atom stereocenters. The van der Waals surface area contributed by atoms with Crippen LogP contribution in [0.15, 0.2) is 24.5 Å². The van der Waals surface area contributed by atoms with Crippen LogP contribution in [0.1, 0.15) is 37.8 Å². The molecule has 0 radical (unpaired) electrons. The second kappa shape index (κ2) is 5.57. The lowest BCUT2D eigenvalue weighted by Crippen LogP contribution is -2.48. The standard InChI is InChI=1S/C15H22N2O2/c1-12(13-2-6-16-7-3-13)17-14-4-8-19-15(10-14)5-9-18-11-15/h2-3,6-7,12,14,17H,4-5,8-11H2,1H3/t12-,14?,15?/m1/s1. The first-order chi connectivity index (χ1) is 9.27. The second-order valence-corrected chi connectivity index (χ2v) is 5.69. The molecule has 0 bridgehead atoms. The highest BCUT2D eigenvalue weighted by Gasteiger charge is 2.41. The van der Waals surface area contributed by atoms with Crippen LogP contribution in [0.5, 0.6) is 0 Å². The quantitative estimate of drug-likeness (QED) is 0.905. The number of rotatable bonds is 3. The van der Waals surface area contributed by atoms with Crippen molar-refractivity contribution < 1.29 is 9.47 Å². The van der Waals surface area contributed by atoms with E-state index in [1.54, 1.807) is 0 Å². The van der Waals surface area contributed by atoms with E-state index >= 15 is 0 Å². The molecule has 3 heterocycles. The molecule has 2 aliphatic rings. The third kappa shape index (κ3) is 2.96. The molecule has 0 aromatic carbocycles. The monoisotopic (exact) mass is 262 g/mol. The summed E-state index contributed by atoms with van der Waals surface area (Å²) in [4.78, 5) is 4.07. The molecule has 2 fully saturated rings. The molecule has 1 spiro atoms. The van der Waals surface area contributed by atoms with Gasteiger partial charge < -0.3 is 14.8 Å². The van der Waals surface area contributed by atoms with Crippen LogP contribution in [0, 0.1) is 0 Å². The maximum atomic E-state index is 5.97. The maximum absolute atomic E-state index is 5.97. The molecule has 2 saturated heterocycles. The molecule has 1 N–H and O–H groups in total. The Morgan fingerprint density at radius 3 is 2.95 bits per heavy atom. The molecular weight excluding hydrogens is 240 g/mol. The number of hydrogen-bond donors (Lipinski definition) is 1. The van der Waals surface area contributed by atoms with E-state index in [2.05, 4.69) is 29.4 Å². The molecule has 3 atom stereocenters. The van der Waals surface area contributed by atoms with Gasteiger partial charge in [-0.25, -0.2) is 0 Å². The lowest BCUT2D eigenvalue weighted by molar-refractivity contribution is -0.0902. The molecule has 0 saturated carbocycles. The zero-order valence-corrected chi connectivity index (χ0v) is 11.5. The number of pyridine rings is 1. The van der Waals surface area contributed by atoms with Crippen molar-refractivity contribution in [2.75, 3.05) is 19.8 Å². The normalized spacial score (nSPS) is 32.6. The zero-order chi connectivity index (χ0) is 13.1. The molecular formula is C15H22N2O2. The van der Waals surface area contributed by atoms with Crippen molar-refractivity contribution in [2.45, 2.75) is 43.9 Å². The Morgan fingerprint density at radius 1 is 1.37 bits per heavy atom. The predicted octanol–water partition coefficient (Wildman–Crippen LogP) is 2.07. The van der Waals surface area contributed by atoms with Crippen LogP contribution >= 0.6 is 0 Å². The minimum Gasteiger partial charge on any atom is -0.378 e. The van der Waals surface area contributed by atoms with Gasteiger partial charge in [0.15, 0.2) is 0 Å². The first-order valence-electron chi connectivity index (χ1n) is 7.15. The molecule has 4 heteroatoms. The van der Waals surface area contributed by atoms with E-state index < -0.39 is 0 Å². The van der Waals surface area contributed by atoms with Crippen molar-refractivity contribution in [3.05, 3.63) is 30.1 Å². The van der Waals surface area contributed by atoms with Crippen LogP contribution in [0.25, 0.3) is 0 Å². The molecule has 0 aliphatic carbocycles. The van der Waals surface area contributed by atoms with Gasteiger partial charge in [0.1, 0.15) is 0 Å². The summed E-state index contributed by atoms with van der Waals surface area (Å²) in [7, 11) is 0. The summed E-state index contributed by atoms with van der Waals surface area (Å²) in [5.74, 6) is 0. The SMILES string of the molecule is C[C@@H](NC1CCOC2(CCOC2)C1)c1ccncc1. The fourth-order valence-corrected chi connectivity index (χ4v) is 3.14. The minimum absolute atomic E-state index is 0.0200. The smallest absolute Gasteiger partial charge is 0.0951 e. The zero-order valence-electron chi connectivity index (χ0n) is 11.5. The van der Waals surface area contributed by atoms with Gasteiger partial charge in [0.05, 0.1) is 12.2 Å². The Hall–Kier alpha value is -0.970. The average molecular weight is 262 g/mol. The van der Waals surface area contributed by atoms with Gasteiger partial charge in [0, 0.05) is 44.1 Å². The topological polar surface area (TPSA) is 43.4 Å². The van der Waals surface area contributed by atoms with Crippen molar-refractivity contribution >= 4 is 0 Å². The van der Waals surface area contributed by atoms with Gasteiger partial charge in [-0.15, -0.1) is 0 Å². The Morgan fingerprint density at radius 2 is 2.21 bits per heavy atom. The van der Waals surface area contributed by atoms with Gasteiger partial charge in [-0.1, -0.05) is 0 Å². The van der Waals surface area contributed by atoms with Crippen LogP contribution in [0.2, 0.25) is 0 Å². The number of ether oxygens (including phenoxy) is 2. The van der Waals surface area contributed by atoms with E-state index in [9.17, 15) is 0 Å². The molecule has 3 rings (SSSR count). The van der Waals surface area contributed by atoms with Crippen molar-refractivity contribution in [1.29, 1.82) is 0 Å². The summed E-state index contributed by atoms with van der Waals surface area (Å²) >= 11 is 0. The summed E-state index contributed by atoms with van der Waals surface area (Å²) in [6.07, 6.45) is 6.88. The van der Waals surface area contributed by atoms with E-state index in [0.29, 0.717) is 12.1 Å². The highest BCUT2D eigenvalue weighted by Crippen LogP contribution is 2.33. The summed E-state index contributed by atoms with van der Waals surface area (Å²) in [5.41, 5.74) is 1.27. The lowest BCUT2D eigenvalue weighted by atomic mass is 9.89. The Balaban J connectivity index is 1.60. The van der Waals surface area contributed by atoms with Crippen molar-refractivity contribution in [2.24, 2.45) is 0 Å². The van der Waals surface area contributed by atoms with E-state index in [1.807, 2.05) is 12.4 Å². The molecule has 104 valence electrons. The summed E-state index contributed by atoms with van der Waals surface area (Å²) in [6, 6.07) is 5.01. The number of hydrogen-bond acceptors (Lipinski definition) is 4. The lowest BCUT2D eigenvalue weighted by Gasteiger charge is -2.38. The van der Waals surface area contributed by atoms with Crippen LogP contribution < -0.4 is 5.32 Å². The summed E-state index contributed by atoms with van der Waals surface area (Å²) in [6.45, 7) is 4.65. The van der Waals surface area contributed by atoms with E-state index in [-0.39, 0.29) is 5.60 Å². The first-order valence-corrected chi connectivity index (χ1v) is 7.15. The Kier molecular flexibility index (Phi) is 3.82. The van der Waals surface area contributed by atoms with Gasteiger partial charge in [0.2, 0.25) is 0 Å². The van der Waals surface area contributed by atoms with E-state index in [0.717, 1.165) is 39.1 Å². The van der Waals surface area contributed by atoms with Crippen LogP contribution in [0.4, 0.5) is 0 Å². The fourth-order valence-electron chi connectivity index (χ4n) is 3.14. The average Bonchev–Trinajstić information content (AvgIpc) is 2.88. The van der Waals surface area contributed by atoms with Gasteiger partial charge >= 0.3 is 0 Å². The van der Waals surface area contributed by atoms with Gasteiger partial charge in [-0.2, -0.15) is 0 Å². The third-order valence-electron chi connectivity index (χ3n) is 4.25. The molecule has 1 aromatic rings. The van der Waals surface area contributed by atoms with Crippen molar-refractivity contribution in [3.63, 3.8) is 0 Å². The van der Waals surface area contributed by atoms with Gasteiger partial charge in [-0.3, -0.25) is 4.98 Å². The van der Waals surface area contributed by atoms with Crippen molar-refractivity contribution in [1.82, 2.24) is 10.3 Å². The fraction of sp³-hybridized carbons (Fsp3) is 0.667. The molecule has 1 aromatic heterocycles. The van der Waals surface area contributed by atoms with Crippen LogP contribution in [0.3, 0.4) is 0 Å². The molecule has 4 nitrogen and oxygen atoms in total. The maximum Gasteiger partial charge on any atom is 0.0951 e. The number of aromatic nitrogens is 1.